The highest BCUT2D eigenvalue weighted by Gasteiger charge is 2.20. The highest BCUT2D eigenvalue weighted by Crippen LogP contribution is 2.10. The average molecular weight is 329 g/mol. The first-order valence-electron chi connectivity index (χ1n) is 7.99. The third-order valence-corrected chi connectivity index (χ3v) is 3.75. The number of aromatic amines is 1. The largest absolute Gasteiger partial charge is 0.345 e. The molecule has 0 fully saturated rings. The summed E-state index contributed by atoms with van der Waals surface area (Å²) >= 11 is 0. The molecule has 2 rings (SSSR count). The van der Waals surface area contributed by atoms with Crippen LogP contribution in [0.2, 0.25) is 0 Å². The van der Waals surface area contributed by atoms with Crippen molar-refractivity contribution in [1.82, 2.24) is 24.8 Å². The van der Waals surface area contributed by atoms with Crippen LogP contribution in [0.3, 0.4) is 0 Å². The Balaban J connectivity index is 2.15. The topological polar surface area (TPSA) is 91.8 Å². The minimum absolute atomic E-state index is 0.0937. The third kappa shape index (κ3) is 4.71. The van der Waals surface area contributed by atoms with Gasteiger partial charge in [0.05, 0.1) is 5.69 Å². The summed E-state index contributed by atoms with van der Waals surface area (Å²) < 4.78 is 0. The summed E-state index contributed by atoms with van der Waals surface area (Å²) in [6, 6.07) is 1.57. The van der Waals surface area contributed by atoms with Gasteiger partial charge in [0.25, 0.3) is 5.91 Å². The summed E-state index contributed by atoms with van der Waals surface area (Å²) in [7, 11) is 1.70. The molecule has 0 unspecified atom stereocenters. The van der Waals surface area contributed by atoms with Crippen molar-refractivity contribution in [2.45, 2.75) is 39.7 Å². The van der Waals surface area contributed by atoms with Crippen LogP contribution in [0.25, 0.3) is 0 Å². The molecule has 0 spiro atoms. The van der Waals surface area contributed by atoms with Crippen molar-refractivity contribution in [2.75, 3.05) is 7.05 Å². The molecule has 0 saturated carbocycles. The number of carbonyl (C=O) groups excluding carboxylic acids is 1. The van der Waals surface area contributed by atoms with Crippen molar-refractivity contribution in [3.05, 3.63) is 52.2 Å². The Morgan fingerprint density at radius 2 is 2.00 bits per heavy atom. The fourth-order valence-electron chi connectivity index (χ4n) is 2.42. The minimum atomic E-state index is -0.494. The lowest BCUT2D eigenvalue weighted by atomic mass is 10.1. The number of nitrogens with one attached hydrogen (secondary N) is 1. The summed E-state index contributed by atoms with van der Waals surface area (Å²) in [5.74, 6) is 0.0989. The number of aromatic nitrogens is 4. The maximum Gasteiger partial charge on any atom is 0.345 e. The maximum atomic E-state index is 12.6. The Morgan fingerprint density at radius 3 is 2.62 bits per heavy atom. The van der Waals surface area contributed by atoms with E-state index >= 15 is 0 Å². The first kappa shape index (κ1) is 17.8. The van der Waals surface area contributed by atoms with Crippen LogP contribution < -0.4 is 5.69 Å². The smallest absolute Gasteiger partial charge is 0.337 e. The van der Waals surface area contributed by atoms with Gasteiger partial charge < -0.3 is 9.88 Å². The molecule has 7 nitrogen and oxygen atoms in total. The van der Waals surface area contributed by atoms with Crippen LogP contribution >= 0.6 is 0 Å². The quantitative estimate of drug-likeness (QED) is 0.866. The van der Waals surface area contributed by atoms with Crippen LogP contribution in [-0.4, -0.2) is 43.8 Å². The number of nitrogens with zero attached hydrogens (tertiary/aromatic N) is 4. The third-order valence-electron chi connectivity index (χ3n) is 3.75. The molecule has 128 valence electrons. The van der Waals surface area contributed by atoms with E-state index < -0.39 is 5.69 Å². The molecule has 24 heavy (non-hydrogen) atoms. The SMILES string of the molecule is CC(C)Cc1cc(C(=O)N(C)[C@H](C)Cc2cnccn2)nc(=O)[nH]1. The van der Waals surface area contributed by atoms with Gasteiger partial charge in [-0.3, -0.25) is 14.8 Å². The second-order valence-corrected chi connectivity index (χ2v) is 6.36. The van der Waals surface area contributed by atoms with Gasteiger partial charge in [0.2, 0.25) is 0 Å². The van der Waals surface area contributed by atoms with Crippen molar-refractivity contribution in [3.8, 4) is 0 Å². The molecule has 7 heteroatoms. The van der Waals surface area contributed by atoms with Gasteiger partial charge in [0.15, 0.2) is 0 Å². The Labute approximate surface area is 141 Å². The van der Waals surface area contributed by atoms with E-state index in [0.717, 1.165) is 11.4 Å². The lowest BCUT2D eigenvalue weighted by Crippen LogP contribution is -2.38. The van der Waals surface area contributed by atoms with Crippen molar-refractivity contribution in [1.29, 1.82) is 0 Å². The Hall–Kier alpha value is -2.57. The molecule has 2 aromatic heterocycles. The maximum absolute atomic E-state index is 12.6. The van der Waals surface area contributed by atoms with Crippen LogP contribution in [0.15, 0.2) is 29.5 Å². The van der Waals surface area contributed by atoms with Gasteiger partial charge >= 0.3 is 5.69 Å². The van der Waals surface area contributed by atoms with Gasteiger partial charge in [0, 0.05) is 43.8 Å². The summed E-state index contributed by atoms with van der Waals surface area (Å²) in [5.41, 5.74) is 1.21. The number of H-pyrrole nitrogens is 1. The van der Waals surface area contributed by atoms with E-state index in [0.29, 0.717) is 18.8 Å². The Kier molecular flexibility index (Phi) is 5.78. The van der Waals surface area contributed by atoms with E-state index in [1.165, 1.54) is 0 Å². The monoisotopic (exact) mass is 329 g/mol. The summed E-state index contributed by atoms with van der Waals surface area (Å²) in [5, 5.41) is 0. The predicted octanol–water partition coefficient (Wildman–Crippen LogP) is 1.46. The van der Waals surface area contributed by atoms with Crippen LogP contribution in [0.4, 0.5) is 0 Å². The van der Waals surface area contributed by atoms with Gasteiger partial charge in [-0.05, 0) is 25.3 Å². The zero-order chi connectivity index (χ0) is 17.7. The van der Waals surface area contributed by atoms with Crippen molar-refractivity contribution < 1.29 is 4.79 Å². The molecular weight excluding hydrogens is 306 g/mol. The van der Waals surface area contributed by atoms with Gasteiger partial charge in [-0.2, -0.15) is 4.98 Å². The average Bonchev–Trinajstić information content (AvgIpc) is 2.53. The van der Waals surface area contributed by atoms with Gasteiger partial charge in [-0.15, -0.1) is 0 Å². The number of hydrogen-bond donors (Lipinski definition) is 1. The molecule has 2 heterocycles. The molecule has 0 saturated heterocycles. The van der Waals surface area contributed by atoms with Crippen molar-refractivity contribution in [2.24, 2.45) is 5.92 Å². The number of amides is 1. The fourth-order valence-corrected chi connectivity index (χ4v) is 2.42. The number of likely N-dealkylation sites (N-methyl/N-ethyl adjacent to an activating group) is 1. The lowest BCUT2D eigenvalue weighted by molar-refractivity contribution is 0.0736. The predicted molar refractivity (Wildman–Crippen MR) is 90.7 cm³/mol. The van der Waals surface area contributed by atoms with E-state index in [4.69, 9.17) is 0 Å². The van der Waals surface area contributed by atoms with Gasteiger partial charge in [-0.1, -0.05) is 13.8 Å². The second-order valence-electron chi connectivity index (χ2n) is 6.36. The number of carbonyl (C=O) groups is 1. The molecule has 1 atom stereocenters. The Morgan fingerprint density at radius 1 is 1.25 bits per heavy atom. The molecule has 0 radical (unpaired) electrons. The minimum Gasteiger partial charge on any atom is -0.337 e. The fraction of sp³-hybridized carbons (Fsp3) is 0.471. The zero-order valence-corrected chi connectivity index (χ0v) is 14.5. The zero-order valence-electron chi connectivity index (χ0n) is 14.5. The van der Waals surface area contributed by atoms with Crippen LogP contribution in [0.5, 0.6) is 0 Å². The molecule has 0 aliphatic carbocycles. The van der Waals surface area contributed by atoms with Crippen LogP contribution in [-0.2, 0) is 12.8 Å². The highest BCUT2D eigenvalue weighted by molar-refractivity contribution is 5.92. The van der Waals surface area contributed by atoms with E-state index in [1.54, 1.807) is 36.6 Å². The molecule has 2 aromatic rings. The van der Waals surface area contributed by atoms with Crippen LogP contribution in [0.1, 0.15) is 42.6 Å². The summed E-state index contributed by atoms with van der Waals surface area (Å²) in [6.45, 7) is 6.03. The molecule has 0 aliphatic rings. The summed E-state index contributed by atoms with van der Waals surface area (Å²) in [6.07, 6.45) is 6.19. The van der Waals surface area contributed by atoms with Crippen molar-refractivity contribution in [3.63, 3.8) is 0 Å². The Bertz CT molecular complexity index is 742. The second kappa shape index (κ2) is 7.81. The van der Waals surface area contributed by atoms with Gasteiger partial charge in [-0.25, -0.2) is 4.79 Å². The number of hydrogen-bond acceptors (Lipinski definition) is 5. The first-order valence-corrected chi connectivity index (χ1v) is 7.99. The van der Waals surface area contributed by atoms with E-state index in [1.807, 2.05) is 6.92 Å². The molecule has 0 bridgehead atoms. The van der Waals surface area contributed by atoms with Crippen LogP contribution in [0, 0.1) is 5.92 Å². The normalized spacial score (nSPS) is 12.2. The first-order chi connectivity index (χ1) is 11.4. The lowest BCUT2D eigenvalue weighted by Gasteiger charge is -2.24. The molecule has 1 N–H and O–H groups in total. The van der Waals surface area contributed by atoms with Crippen molar-refractivity contribution >= 4 is 5.91 Å². The molecular formula is C17H23N5O2. The molecule has 0 aliphatic heterocycles. The van der Waals surface area contributed by atoms with E-state index in [-0.39, 0.29) is 17.6 Å². The highest BCUT2D eigenvalue weighted by atomic mass is 16.2. The number of rotatable bonds is 6. The van der Waals surface area contributed by atoms with E-state index in [2.05, 4.69) is 33.8 Å². The molecule has 1 amide bonds. The molecule has 0 aromatic carbocycles. The van der Waals surface area contributed by atoms with Gasteiger partial charge in [0.1, 0.15) is 5.69 Å². The summed E-state index contributed by atoms with van der Waals surface area (Å²) in [4.78, 5) is 40.7. The standard InChI is InChI=1S/C17H23N5O2/c1-11(2)7-13-9-15(21-17(24)20-13)16(23)22(4)12(3)8-14-10-18-5-6-19-14/h5-6,9-12H,7-8H2,1-4H3,(H,20,21,24)/t12-/m1/s1. The van der Waals surface area contributed by atoms with E-state index in [9.17, 15) is 9.59 Å².